The monoisotopic (exact) mass is 342 g/mol. The van der Waals surface area contributed by atoms with Crippen molar-refractivity contribution in [3.05, 3.63) is 71.8 Å². The second-order valence-electron chi connectivity index (χ2n) is 7.18. The topological polar surface area (TPSA) is 38.9 Å². The molecule has 25 heavy (non-hydrogen) atoms. The van der Waals surface area contributed by atoms with Gasteiger partial charge in [-0.1, -0.05) is 44.2 Å². The van der Waals surface area contributed by atoms with Gasteiger partial charge in [-0.15, -0.1) is 11.3 Å². The number of para-hydroxylation sites is 1. The molecule has 4 aromatic rings. The first-order valence-electron chi connectivity index (χ1n) is 8.45. The zero-order chi connectivity index (χ0) is 17.2. The summed E-state index contributed by atoms with van der Waals surface area (Å²) in [4.78, 5) is 4.82. The zero-order valence-corrected chi connectivity index (χ0v) is 15.0. The summed E-state index contributed by atoms with van der Waals surface area (Å²) in [6, 6.07) is 21.3. The molecular weight excluding hydrogens is 324 g/mol. The van der Waals surface area contributed by atoms with Crippen molar-refractivity contribution in [3.8, 4) is 21.7 Å². The third-order valence-electron chi connectivity index (χ3n) is 5.24. The Labute approximate surface area is 151 Å². The van der Waals surface area contributed by atoms with Gasteiger partial charge in [0.05, 0.1) is 10.2 Å². The van der Waals surface area contributed by atoms with Gasteiger partial charge in [-0.3, -0.25) is 0 Å². The molecule has 0 atom stereocenters. The SMILES string of the molecule is CC1(C)c2cc(N)ccc2-c2ccc(-c3nc4ccccc4s3)cc21. The quantitative estimate of drug-likeness (QED) is 0.441. The number of nitrogen functional groups attached to an aromatic ring is 1. The molecule has 1 aromatic heterocycles. The molecule has 1 aliphatic rings. The van der Waals surface area contributed by atoms with E-state index in [1.807, 2.05) is 12.1 Å². The van der Waals surface area contributed by atoms with Gasteiger partial charge in [-0.2, -0.15) is 0 Å². The molecule has 5 rings (SSSR count). The molecule has 2 nitrogen and oxygen atoms in total. The lowest BCUT2D eigenvalue weighted by atomic mass is 9.82. The Balaban J connectivity index is 1.70. The molecule has 0 amide bonds. The summed E-state index contributed by atoms with van der Waals surface area (Å²) >= 11 is 1.75. The number of anilines is 1. The van der Waals surface area contributed by atoms with Crippen molar-refractivity contribution < 1.29 is 0 Å². The Morgan fingerprint density at radius 1 is 0.880 bits per heavy atom. The summed E-state index contributed by atoms with van der Waals surface area (Å²) in [5.41, 5.74) is 14.3. The second kappa shape index (κ2) is 4.93. The summed E-state index contributed by atoms with van der Waals surface area (Å²) in [6.45, 7) is 4.55. The highest BCUT2D eigenvalue weighted by molar-refractivity contribution is 7.21. The van der Waals surface area contributed by atoms with E-state index in [-0.39, 0.29) is 5.41 Å². The molecule has 0 unspecified atom stereocenters. The van der Waals surface area contributed by atoms with E-state index in [0.717, 1.165) is 16.2 Å². The van der Waals surface area contributed by atoms with Gasteiger partial charge in [-0.25, -0.2) is 4.98 Å². The maximum atomic E-state index is 6.04. The highest BCUT2D eigenvalue weighted by Crippen LogP contribution is 2.50. The van der Waals surface area contributed by atoms with Crippen LogP contribution in [0.5, 0.6) is 0 Å². The van der Waals surface area contributed by atoms with Crippen LogP contribution in [0.15, 0.2) is 60.7 Å². The van der Waals surface area contributed by atoms with Gasteiger partial charge in [0.15, 0.2) is 0 Å². The number of hydrogen-bond donors (Lipinski definition) is 1. The molecule has 122 valence electrons. The zero-order valence-electron chi connectivity index (χ0n) is 14.2. The number of nitrogens with zero attached hydrogens (tertiary/aromatic N) is 1. The van der Waals surface area contributed by atoms with E-state index in [1.165, 1.54) is 32.5 Å². The van der Waals surface area contributed by atoms with Crippen LogP contribution in [0, 0.1) is 0 Å². The van der Waals surface area contributed by atoms with Gasteiger partial charge < -0.3 is 5.73 Å². The predicted molar refractivity (Wildman–Crippen MR) is 107 cm³/mol. The molecular formula is C22H18N2S. The highest BCUT2D eigenvalue weighted by atomic mass is 32.1. The standard InChI is InChI=1S/C22H18N2S/c1-22(2)17-11-13(21-24-19-5-3-4-6-20(19)25-21)7-9-15(17)16-10-8-14(23)12-18(16)22/h3-12H,23H2,1-2H3. The van der Waals surface area contributed by atoms with Crippen molar-refractivity contribution in [2.24, 2.45) is 0 Å². The molecule has 0 fully saturated rings. The predicted octanol–water partition coefficient (Wildman–Crippen LogP) is 5.85. The molecule has 1 heterocycles. The number of rotatable bonds is 1. The number of nitrogens with two attached hydrogens (primary N) is 1. The normalized spacial score (nSPS) is 14.5. The first kappa shape index (κ1) is 14.7. The van der Waals surface area contributed by atoms with Gasteiger partial charge in [0.25, 0.3) is 0 Å². The first-order valence-corrected chi connectivity index (χ1v) is 9.26. The fourth-order valence-corrected chi connectivity index (χ4v) is 4.85. The van der Waals surface area contributed by atoms with Crippen molar-refractivity contribution in [2.75, 3.05) is 5.73 Å². The van der Waals surface area contributed by atoms with E-state index in [0.29, 0.717) is 0 Å². The Morgan fingerprint density at radius 2 is 1.60 bits per heavy atom. The molecule has 3 heteroatoms. The minimum Gasteiger partial charge on any atom is -0.399 e. The first-order chi connectivity index (χ1) is 12.0. The maximum Gasteiger partial charge on any atom is 0.124 e. The molecule has 1 aliphatic carbocycles. The van der Waals surface area contributed by atoms with Crippen LogP contribution in [0.25, 0.3) is 31.9 Å². The van der Waals surface area contributed by atoms with Gasteiger partial charge in [0.1, 0.15) is 5.01 Å². The summed E-state index contributed by atoms with van der Waals surface area (Å²) in [6.07, 6.45) is 0. The Kier molecular flexibility index (Phi) is 2.89. The molecule has 0 saturated carbocycles. The highest BCUT2D eigenvalue weighted by Gasteiger charge is 2.35. The van der Waals surface area contributed by atoms with Crippen molar-refractivity contribution in [1.29, 1.82) is 0 Å². The van der Waals surface area contributed by atoms with Crippen LogP contribution < -0.4 is 5.73 Å². The smallest absolute Gasteiger partial charge is 0.124 e. The number of hydrogen-bond acceptors (Lipinski definition) is 3. The van der Waals surface area contributed by atoms with Gasteiger partial charge >= 0.3 is 0 Å². The van der Waals surface area contributed by atoms with Crippen molar-refractivity contribution in [2.45, 2.75) is 19.3 Å². The Hall–Kier alpha value is -2.65. The van der Waals surface area contributed by atoms with Crippen LogP contribution >= 0.6 is 11.3 Å². The average Bonchev–Trinajstić information content (AvgIpc) is 3.13. The summed E-state index contributed by atoms with van der Waals surface area (Å²) in [5.74, 6) is 0. The second-order valence-corrected chi connectivity index (χ2v) is 8.21. The summed E-state index contributed by atoms with van der Waals surface area (Å²) in [7, 11) is 0. The van der Waals surface area contributed by atoms with E-state index in [1.54, 1.807) is 11.3 Å². The number of thiazole rings is 1. The molecule has 0 bridgehead atoms. The average molecular weight is 342 g/mol. The lowest BCUT2D eigenvalue weighted by Crippen LogP contribution is -2.15. The molecule has 0 radical (unpaired) electrons. The minimum absolute atomic E-state index is 0.0489. The Bertz CT molecular complexity index is 1100. The van der Waals surface area contributed by atoms with E-state index in [2.05, 4.69) is 62.4 Å². The van der Waals surface area contributed by atoms with Gasteiger partial charge in [0.2, 0.25) is 0 Å². The van der Waals surface area contributed by atoms with E-state index >= 15 is 0 Å². The Morgan fingerprint density at radius 3 is 2.40 bits per heavy atom. The van der Waals surface area contributed by atoms with Crippen molar-refractivity contribution >= 4 is 27.2 Å². The number of benzene rings is 3. The van der Waals surface area contributed by atoms with Crippen LogP contribution in [0.3, 0.4) is 0 Å². The third-order valence-corrected chi connectivity index (χ3v) is 6.33. The van der Waals surface area contributed by atoms with Crippen LogP contribution in [-0.4, -0.2) is 4.98 Å². The van der Waals surface area contributed by atoms with E-state index in [4.69, 9.17) is 10.7 Å². The van der Waals surface area contributed by atoms with Crippen LogP contribution in [0.1, 0.15) is 25.0 Å². The maximum absolute atomic E-state index is 6.04. The summed E-state index contributed by atoms with van der Waals surface area (Å²) in [5, 5.41) is 1.08. The van der Waals surface area contributed by atoms with Crippen LogP contribution in [-0.2, 0) is 5.41 Å². The fourth-order valence-electron chi connectivity index (χ4n) is 3.88. The fraction of sp³-hybridized carbons (Fsp3) is 0.136. The summed E-state index contributed by atoms with van der Waals surface area (Å²) < 4.78 is 1.23. The van der Waals surface area contributed by atoms with Crippen LogP contribution in [0.4, 0.5) is 5.69 Å². The lowest BCUT2D eigenvalue weighted by molar-refractivity contribution is 0.661. The minimum atomic E-state index is -0.0489. The third kappa shape index (κ3) is 2.06. The van der Waals surface area contributed by atoms with Gasteiger partial charge in [-0.05, 0) is 52.6 Å². The molecule has 0 saturated heterocycles. The van der Waals surface area contributed by atoms with Gasteiger partial charge in [0, 0.05) is 16.7 Å². The molecule has 3 aromatic carbocycles. The lowest BCUT2D eigenvalue weighted by Gasteiger charge is -2.22. The van der Waals surface area contributed by atoms with Crippen LogP contribution in [0.2, 0.25) is 0 Å². The molecule has 0 aliphatic heterocycles. The largest absolute Gasteiger partial charge is 0.399 e. The number of aromatic nitrogens is 1. The molecule has 2 N–H and O–H groups in total. The molecule has 0 spiro atoms. The number of fused-ring (bicyclic) bond motifs is 4. The van der Waals surface area contributed by atoms with Crippen molar-refractivity contribution in [1.82, 2.24) is 4.98 Å². The van der Waals surface area contributed by atoms with Crippen molar-refractivity contribution in [3.63, 3.8) is 0 Å². The van der Waals surface area contributed by atoms with E-state index < -0.39 is 0 Å². The van der Waals surface area contributed by atoms with E-state index in [9.17, 15) is 0 Å².